The third kappa shape index (κ3) is 3.28. The molecule has 2 rings (SSSR count). The van der Waals surface area contributed by atoms with Crippen LogP contribution in [0.5, 0.6) is 11.6 Å². The number of rotatable bonds is 3. The standard InChI is InChI=1S/C13H9Cl2N3O/c14-10-7-11(15)13(18-12(10)17)19-9-3-1-8(2-4-9)5-6-16/h1-4,7H,5H2,(H2,17,18). The minimum absolute atomic E-state index is 0.155. The van der Waals surface area contributed by atoms with Gasteiger partial charge in [0.2, 0.25) is 5.88 Å². The van der Waals surface area contributed by atoms with E-state index in [1.54, 1.807) is 24.3 Å². The summed E-state index contributed by atoms with van der Waals surface area (Å²) in [6.45, 7) is 0. The van der Waals surface area contributed by atoms with Crippen molar-refractivity contribution in [2.75, 3.05) is 5.73 Å². The highest BCUT2D eigenvalue weighted by Gasteiger charge is 2.09. The summed E-state index contributed by atoms with van der Waals surface area (Å²) in [7, 11) is 0. The van der Waals surface area contributed by atoms with Gasteiger partial charge in [-0.25, -0.2) is 0 Å². The molecule has 1 aromatic carbocycles. The molecule has 2 aromatic rings. The van der Waals surface area contributed by atoms with Gasteiger partial charge in [-0.15, -0.1) is 0 Å². The third-order valence-corrected chi connectivity index (χ3v) is 2.92. The van der Waals surface area contributed by atoms with Crippen molar-refractivity contribution in [3.63, 3.8) is 0 Å². The molecule has 0 saturated heterocycles. The Morgan fingerprint density at radius 1 is 1.21 bits per heavy atom. The number of anilines is 1. The van der Waals surface area contributed by atoms with Crippen molar-refractivity contribution in [2.45, 2.75) is 6.42 Å². The first kappa shape index (κ1) is 13.5. The number of nitriles is 1. The summed E-state index contributed by atoms with van der Waals surface area (Å²) in [6, 6.07) is 10.6. The van der Waals surface area contributed by atoms with Gasteiger partial charge in [0.05, 0.1) is 17.5 Å². The first-order valence-electron chi connectivity index (χ1n) is 5.35. The minimum atomic E-state index is 0.155. The lowest BCUT2D eigenvalue weighted by Gasteiger charge is -2.08. The van der Waals surface area contributed by atoms with Gasteiger partial charge in [-0.2, -0.15) is 10.2 Å². The van der Waals surface area contributed by atoms with E-state index in [-0.39, 0.29) is 21.7 Å². The maximum atomic E-state index is 8.58. The second kappa shape index (κ2) is 5.79. The molecule has 0 aliphatic rings. The summed E-state index contributed by atoms with van der Waals surface area (Å²) in [5.41, 5.74) is 6.50. The second-order valence-corrected chi connectivity index (χ2v) is 4.54. The number of nitrogen functional groups attached to an aromatic ring is 1. The van der Waals surface area contributed by atoms with Crippen molar-refractivity contribution in [3.05, 3.63) is 45.9 Å². The molecule has 0 spiro atoms. The number of halogens is 2. The normalized spacial score (nSPS) is 9.95. The van der Waals surface area contributed by atoms with Crippen molar-refractivity contribution < 1.29 is 4.74 Å². The average Bonchev–Trinajstić information content (AvgIpc) is 2.38. The predicted octanol–water partition coefficient (Wildman–Crippen LogP) is 3.83. The Morgan fingerprint density at radius 3 is 2.53 bits per heavy atom. The summed E-state index contributed by atoms with van der Waals surface area (Å²) >= 11 is 11.7. The van der Waals surface area contributed by atoms with Crippen LogP contribution in [0.1, 0.15) is 5.56 Å². The molecule has 96 valence electrons. The molecule has 0 bridgehead atoms. The first-order chi connectivity index (χ1) is 9.10. The minimum Gasteiger partial charge on any atom is -0.437 e. The van der Waals surface area contributed by atoms with Gasteiger partial charge in [0.15, 0.2) is 0 Å². The van der Waals surface area contributed by atoms with Crippen LogP contribution in [0.4, 0.5) is 5.82 Å². The fourth-order valence-corrected chi connectivity index (χ4v) is 1.81. The molecule has 0 radical (unpaired) electrons. The van der Waals surface area contributed by atoms with Gasteiger partial charge >= 0.3 is 0 Å². The van der Waals surface area contributed by atoms with Crippen molar-refractivity contribution in [1.82, 2.24) is 4.98 Å². The number of nitrogens with zero attached hydrogens (tertiary/aromatic N) is 2. The molecule has 0 atom stereocenters. The maximum Gasteiger partial charge on any atom is 0.240 e. The van der Waals surface area contributed by atoms with Crippen molar-refractivity contribution >= 4 is 29.0 Å². The summed E-state index contributed by atoms with van der Waals surface area (Å²) in [4.78, 5) is 3.97. The summed E-state index contributed by atoms with van der Waals surface area (Å²) < 4.78 is 5.51. The summed E-state index contributed by atoms with van der Waals surface area (Å²) in [5, 5.41) is 9.14. The molecule has 2 N–H and O–H groups in total. The van der Waals surface area contributed by atoms with Crippen LogP contribution in [0.3, 0.4) is 0 Å². The molecule has 0 unspecified atom stereocenters. The van der Waals surface area contributed by atoms with E-state index in [1.807, 2.05) is 0 Å². The zero-order chi connectivity index (χ0) is 13.8. The molecule has 1 aromatic heterocycles. The van der Waals surface area contributed by atoms with Crippen LogP contribution in [0.25, 0.3) is 0 Å². The van der Waals surface area contributed by atoms with E-state index < -0.39 is 0 Å². The molecule has 4 nitrogen and oxygen atoms in total. The topological polar surface area (TPSA) is 71.9 Å². The Hall–Kier alpha value is -1.96. The van der Waals surface area contributed by atoms with Crippen molar-refractivity contribution in [3.8, 4) is 17.7 Å². The monoisotopic (exact) mass is 293 g/mol. The van der Waals surface area contributed by atoms with Crippen LogP contribution in [-0.4, -0.2) is 4.98 Å². The van der Waals surface area contributed by atoms with Crippen molar-refractivity contribution in [1.29, 1.82) is 5.26 Å². The highest BCUT2D eigenvalue weighted by Crippen LogP contribution is 2.32. The average molecular weight is 294 g/mol. The Morgan fingerprint density at radius 2 is 1.89 bits per heavy atom. The summed E-state index contributed by atoms with van der Waals surface area (Å²) in [6.07, 6.45) is 0.354. The Balaban J connectivity index is 2.22. The first-order valence-corrected chi connectivity index (χ1v) is 6.11. The number of hydrogen-bond donors (Lipinski definition) is 1. The molecular weight excluding hydrogens is 285 g/mol. The number of pyridine rings is 1. The van der Waals surface area contributed by atoms with Crippen LogP contribution in [-0.2, 0) is 6.42 Å². The number of nitrogens with two attached hydrogens (primary N) is 1. The lowest BCUT2D eigenvalue weighted by Crippen LogP contribution is -1.95. The molecule has 0 aliphatic heterocycles. The highest BCUT2D eigenvalue weighted by atomic mass is 35.5. The predicted molar refractivity (Wildman–Crippen MR) is 74.5 cm³/mol. The smallest absolute Gasteiger partial charge is 0.240 e. The third-order valence-electron chi connectivity index (χ3n) is 2.35. The Kier molecular flexibility index (Phi) is 4.10. The largest absolute Gasteiger partial charge is 0.437 e. The van der Waals surface area contributed by atoms with Gasteiger partial charge in [0.1, 0.15) is 16.6 Å². The zero-order valence-electron chi connectivity index (χ0n) is 9.73. The van der Waals surface area contributed by atoms with Crippen LogP contribution < -0.4 is 10.5 Å². The molecule has 0 saturated carbocycles. The zero-order valence-corrected chi connectivity index (χ0v) is 11.2. The van der Waals surface area contributed by atoms with E-state index in [2.05, 4.69) is 11.1 Å². The van der Waals surface area contributed by atoms with E-state index in [0.717, 1.165) is 5.56 Å². The van der Waals surface area contributed by atoms with Crippen LogP contribution in [0.2, 0.25) is 10.0 Å². The fraction of sp³-hybridized carbons (Fsp3) is 0.0769. The van der Waals surface area contributed by atoms with E-state index in [1.165, 1.54) is 6.07 Å². The Bertz CT molecular complexity index is 636. The van der Waals surface area contributed by atoms with Gasteiger partial charge in [0.25, 0.3) is 0 Å². The van der Waals surface area contributed by atoms with Crippen LogP contribution in [0.15, 0.2) is 30.3 Å². The van der Waals surface area contributed by atoms with E-state index in [0.29, 0.717) is 12.2 Å². The number of ether oxygens (including phenoxy) is 1. The quantitative estimate of drug-likeness (QED) is 0.933. The molecule has 0 fully saturated rings. The molecule has 1 heterocycles. The van der Waals surface area contributed by atoms with Gasteiger partial charge in [-0.3, -0.25) is 0 Å². The molecule has 19 heavy (non-hydrogen) atoms. The molecule has 0 aliphatic carbocycles. The molecule has 6 heteroatoms. The van der Waals surface area contributed by atoms with Gasteiger partial charge in [0, 0.05) is 0 Å². The number of aromatic nitrogens is 1. The van der Waals surface area contributed by atoms with Gasteiger partial charge in [-0.05, 0) is 23.8 Å². The SMILES string of the molecule is N#CCc1ccc(Oc2nc(N)c(Cl)cc2Cl)cc1. The maximum absolute atomic E-state index is 8.58. The summed E-state index contributed by atoms with van der Waals surface area (Å²) in [5.74, 6) is 0.900. The molecular formula is C13H9Cl2N3O. The number of benzene rings is 1. The lowest BCUT2D eigenvalue weighted by atomic mass is 10.2. The van der Waals surface area contributed by atoms with Crippen LogP contribution >= 0.6 is 23.2 Å². The highest BCUT2D eigenvalue weighted by molar-refractivity contribution is 6.36. The second-order valence-electron chi connectivity index (χ2n) is 3.72. The molecule has 0 amide bonds. The van der Waals surface area contributed by atoms with Crippen molar-refractivity contribution in [2.24, 2.45) is 0 Å². The number of hydrogen-bond acceptors (Lipinski definition) is 4. The lowest BCUT2D eigenvalue weighted by molar-refractivity contribution is 0.464. The van der Waals surface area contributed by atoms with E-state index >= 15 is 0 Å². The van der Waals surface area contributed by atoms with Gasteiger partial charge in [-0.1, -0.05) is 35.3 Å². The fourth-order valence-electron chi connectivity index (χ4n) is 1.41. The Labute approximate surface area is 120 Å². The van der Waals surface area contributed by atoms with E-state index in [4.69, 9.17) is 38.9 Å². The van der Waals surface area contributed by atoms with Gasteiger partial charge < -0.3 is 10.5 Å². The van der Waals surface area contributed by atoms with Crippen LogP contribution in [0, 0.1) is 11.3 Å². The van der Waals surface area contributed by atoms with E-state index in [9.17, 15) is 0 Å².